The average molecular weight is 269 g/mol. The van der Waals surface area contributed by atoms with Gasteiger partial charge in [0.15, 0.2) is 0 Å². The van der Waals surface area contributed by atoms with Crippen molar-refractivity contribution in [1.82, 2.24) is 15.0 Å². The van der Waals surface area contributed by atoms with Gasteiger partial charge in [0, 0.05) is 19.2 Å². The minimum Gasteiger partial charge on any atom is -0.467 e. The first-order valence-corrected chi connectivity index (χ1v) is 6.61. The number of methoxy groups -OCH3 is 1. The number of aliphatic hydroxyl groups excluding tert-OH is 1. The molecule has 7 nitrogen and oxygen atoms in total. The van der Waals surface area contributed by atoms with E-state index in [-0.39, 0.29) is 18.7 Å². The van der Waals surface area contributed by atoms with Crippen molar-refractivity contribution in [3.8, 4) is 6.01 Å². The second-order valence-corrected chi connectivity index (χ2v) is 4.31. The maximum absolute atomic E-state index is 8.81. The summed E-state index contributed by atoms with van der Waals surface area (Å²) in [6.07, 6.45) is 2.59. The second-order valence-electron chi connectivity index (χ2n) is 4.31. The molecule has 108 valence electrons. The molecule has 0 aliphatic rings. The lowest BCUT2D eigenvalue weighted by molar-refractivity contribution is 0.282. The van der Waals surface area contributed by atoms with Gasteiger partial charge in [-0.15, -0.1) is 0 Å². The van der Waals surface area contributed by atoms with E-state index < -0.39 is 0 Å². The Morgan fingerprint density at radius 1 is 1.26 bits per heavy atom. The number of hydrogen-bond acceptors (Lipinski definition) is 7. The molecule has 0 aliphatic carbocycles. The monoisotopic (exact) mass is 269 g/mol. The van der Waals surface area contributed by atoms with Crippen LogP contribution in [0.25, 0.3) is 0 Å². The summed E-state index contributed by atoms with van der Waals surface area (Å²) in [4.78, 5) is 12.6. The SMILES string of the molecule is CCCNc1nc(NC(C)CCCO)nc(OC)n1. The van der Waals surface area contributed by atoms with Crippen LogP contribution in [0.4, 0.5) is 11.9 Å². The average Bonchev–Trinajstić information content (AvgIpc) is 2.42. The minimum atomic E-state index is 0.179. The highest BCUT2D eigenvalue weighted by Gasteiger charge is 2.09. The molecule has 1 aromatic heterocycles. The van der Waals surface area contributed by atoms with Crippen LogP contribution in [0.1, 0.15) is 33.1 Å². The Hall–Kier alpha value is -1.63. The van der Waals surface area contributed by atoms with Crippen molar-refractivity contribution in [1.29, 1.82) is 0 Å². The van der Waals surface area contributed by atoms with Gasteiger partial charge in [-0.25, -0.2) is 0 Å². The van der Waals surface area contributed by atoms with Gasteiger partial charge >= 0.3 is 6.01 Å². The van der Waals surface area contributed by atoms with Crippen LogP contribution in [0, 0.1) is 0 Å². The van der Waals surface area contributed by atoms with E-state index in [1.165, 1.54) is 7.11 Å². The van der Waals surface area contributed by atoms with Crippen molar-refractivity contribution < 1.29 is 9.84 Å². The summed E-state index contributed by atoms with van der Waals surface area (Å²) in [5.74, 6) is 0.987. The zero-order chi connectivity index (χ0) is 14.1. The summed E-state index contributed by atoms with van der Waals surface area (Å²) in [7, 11) is 1.53. The molecular weight excluding hydrogens is 246 g/mol. The lowest BCUT2D eigenvalue weighted by Gasteiger charge is -2.14. The number of aromatic nitrogens is 3. The number of hydrogen-bond donors (Lipinski definition) is 3. The number of rotatable bonds is 9. The Labute approximate surface area is 113 Å². The molecule has 0 aromatic carbocycles. The summed E-state index contributed by atoms with van der Waals surface area (Å²) in [5, 5.41) is 15.1. The maximum atomic E-state index is 8.81. The molecule has 1 heterocycles. The lowest BCUT2D eigenvalue weighted by Crippen LogP contribution is -2.19. The highest BCUT2D eigenvalue weighted by Crippen LogP contribution is 2.12. The van der Waals surface area contributed by atoms with Gasteiger partial charge < -0.3 is 20.5 Å². The summed E-state index contributed by atoms with van der Waals surface area (Å²) in [6.45, 7) is 5.08. The van der Waals surface area contributed by atoms with Crippen LogP contribution in [0.2, 0.25) is 0 Å². The van der Waals surface area contributed by atoms with E-state index >= 15 is 0 Å². The van der Waals surface area contributed by atoms with Gasteiger partial charge in [-0.3, -0.25) is 0 Å². The molecule has 0 saturated heterocycles. The fourth-order valence-corrected chi connectivity index (χ4v) is 1.52. The van der Waals surface area contributed by atoms with Crippen LogP contribution in [0.5, 0.6) is 6.01 Å². The maximum Gasteiger partial charge on any atom is 0.322 e. The molecule has 1 rings (SSSR count). The standard InChI is InChI=1S/C12H23N5O2/c1-4-7-13-10-15-11(17-12(16-10)19-3)14-9(2)6-5-8-18/h9,18H,4-8H2,1-3H3,(H2,13,14,15,16,17). The summed E-state index contributed by atoms with van der Waals surface area (Å²) in [6, 6.07) is 0.462. The molecule has 0 radical (unpaired) electrons. The van der Waals surface area contributed by atoms with Crippen LogP contribution < -0.4 is 15.4 Å². The molecule has 19 heavy (non-hydrogen) atoms. The van der Waals surface area contributed by atoms with Gasteiger partial charge in [-0.1, -0.05) is 6.92 Å². The van der Waals surface area contributed by atoms with E-state index in [1.807, 2.05) is 6.92 Å². The van der Waals surface area contributed by atoms with Gasteiger partial charge in [-0.2, -0.15) is 15.0 Å². The first-order valence-electron chi connectivity index (χ1n) is 6.61. The number of ether oxygens (including phenoxy) is 1. The highest BCUT2D eigenvalue weighted by atomic mass is 16.5. The molecule has 3 N–H and O–H groups in total. The summed E-state index contributed by atoms with van der Waals surface area (Å²) < 4.78 is 5.06. The van der Waals surface area contributed by atoms with E-state index in [0.717, 1.165) is 25.8 Å². The third kappa shape index (κ3) is 5.69. The molecule has 1 aromatic rings. The zero-order valence-electron chi connectivity index (χ0n) is 11.8. The Balaban J connectivity index is 2.69. The molecule has 0 spiro atoms. The van der Waals surface area contributed by atoms with Crippen molar-refractivity contribution >= 4 is 11.9 Å². The van der Waals surface area contributed by atoms with E-state index in [9.17, 15) is 0 Å². The lowest BCUT2D eigenvalue weighted by atomic mass is 10.2. The molecule has 7 heteroatoms. The fraction of sp³-hybridized carbons (Fsp3) is 0.750. The smallest absolute Gasteiger partial charge is 0.322 e. The van der Waals surface area contributed by atoms with Crippen LogP contribution in [-0.2, 0) is 0 Å². The van der Waals surface area contributed by atoms with Crippen LogP contribution in [0.3, 0.4) is 0 Å². The molecule has 0 saturated carbocycles. The molecule has 0 amide bonds. The van der Waals surface area contributed by atoms with Crippen molar-refractivity contribution in [2.45, 2.75) is 39.2 Å². The van der Waals surface area contributed by atoms with Crippen LogP contribution in [-0.4, -0.2) is 46.4 Å². The number of anilines is 2. The van der Waals surface area contributed by atoms with E-state index in [0.29, 0.717) is 11.9 Å². The number of nitrogens with zero attached hydrogens (tertiary/aromatic N) is 3. The predicted octanol–water partition coefficient (Wildman–Crippen LogP) is 1.27. The van der Waals surface area contributed by atoms with E-state index in [4.69, 9.17) is 9.84 Å². The number of nitrogens with one attached hydrogen (secondary N) is 2. The van der Waals surface area contributed by atoms with Crippen molar-refractivity contribution in [3.05, 3.63) is 0 Å². The van der Waals surface area contributed by atoms with E-state index in [2.05, 4.69) is 32.5 Å². The Kier molecular flexibility index (Phi) is 6.88. The van der Waals surface area contributed by atoms with Crippen molar-refractivity contribution in [2.24, 2.45) is 0 Å². The summed E-state index contributed by atoms with van der Waals surface area (Å²) >= 11 is 0. The quantitative estimate of drug-likeness (QED) is 0.621. The number of aliphatic hydroxyl groups is 1. The summed E-state index contributed by atoms with van der Waals surface area (Å²) in [5.41, 5.74) is 0. The van der Waals surface area contributed by atoms with Crippen LogP contribution in [0.15, 0.2) is 0 Å². The largest absolute Gasteiger partial charge is 0.467 e. The minimum absolute atomic E-state index is 0.179. The highest BCUT2D eigenvalue weighted by molar-refractivity contribution is 5.36. The molecule has 0 aliphatic heterocycles. The van der Waals surface area contributed by atoms with Gasteiger partial charge in [0.1, 0.15) is 0 Å². The molecule has 0 bridgehead atoms. The van der Waals surface area contributed by atoms with Gasteiger partial charge in [0.2, 0.25) is 11.9 Å². The second kappa shape index (κ2) is 8.47. The Morgan fingerprint density at radius 2 is 2.00 bits per heavy atom. The zero-order valence-corrected chi connectivity index (χ0v) is 11.8. The molecular formula is C12H23N5O2. The third-order valence-electron chi connectivity index (χ3n) is 2.50. The first-order chi connectivity index (χ1) is 9.19. The van der Waals surface area contributed by atoms with E-state index in [1.54, 1.807) is 0 Å². The Morgan fingerprint density at radius 3 is 2.63 bits per heavy atom. The van der Waals surface area contributed by atoms with Crippen molar-refractivity contribution in [3.63, 3.8) is 0 Å². The topological polar surface area (TPSA) is 92.2 Å². The van der Waals surface area contributed by atoms with Gasteiger partial charge in [-0.05, 0) is 26.2 Å². The first kappa shape index (κ1) is 15.4. The Bertz CT molecular complexity index is 375. The third-order valence-corrected chi connectivity index (χ3v) is 2.50. The van der Waals surface area contributed by atoms with Crippen LogP contribution >= 0.6 is 0 Å². The normalized spacial score (nSPS) is 12.0. The van der Waals surface area contributed by atoms with Gasteiger partial charge in [0.25, 0.3) is 0 Å². The predicted molar refractivity (Wildman–Crippen MR) is 74.6 cm³/mol. The molecule has 0 fully saturated rings. The van der Waals surface area contributed by atoms with Crippen molar-refractivity contribution in [2.75, 3.05) is 30.9 Å². The molecule has 1 unspecified atom stereocenters. The molecule has 1 atom stereocenters. The fourth-order valence-electron chi connectivity index (χ4n) is 1.52. The van der Waals surface area contributed by atoms with Gasteiger partial charge in [0.05, 0.1) is 7.11 Å².